The molecule has 4 N–H and O–H groups in total. The van der Waals surface area contributed by atoms with Crippen molar-refractivity contribution in [2.75, 3.05) is 13.1 Å². The summed E-state index contributed by atoms with van der Waals surface area (Å²) in [6.45, 7) is 0.708. The fourth-order valence-corrected chi connectivity index (χ4v) is 2.48. The number of rotatable bonds is 8. The lowest BCUT2D eigenvalue weighted by atomic mass is 10.1. The fraction of sp³-hybridized carbons (Fsp3) is 0.278. The number of benzene rings is 2. The molecule has 0 aliphatic heterocycles. The minimum atomic E-state index is -2.16. The lowest BCUT2D eigenvalue weighted by Crippen LogP contribution is -2.43. The predicted molar refractivity (Wildman–Crippen MR) is 96.0 cm³/mol. The first-order chi connectivity index (χ1) is 11.5. The summed E-state index contributed by atoms with van der Waals surface area (Å²) in [5.74, 6) is -2.30. The fourth-order valence-electron chi connectivity index (χ4n) is 2.21. The Morgan fingerprint density at radius 3 is 2.33 bits per heavy atom. The number of aliphatic hydroxyl groups is 2. The maximum atomic E-state index is 11.8. The summed E-state index contributed by atoms with van der Waals surface area (Å²) in [6.07, 6.45) is 0.928. The molecule has 0 saturated heterocycles. The van der Waals surface area contributed by atoms with Gasteiger partial charge in [0.15, 0.2) is 0 Å². The Hall–Kier alpha value is -1.73. The summed E-state index contributed by atoms with van der Waals surface area (Å²) < 4.78 is 0.847. The molecular weight excluding hydrogens is 372 g/mol. The summed E-state index contributed by atoms with van der Waals surface area (Å²) >= 11 is 3.29. The molecule has 6 heteroatoms. The summed E-state index contributed by atoms with van der Waals surface area (Å²) in [6, 6.07) is 16.5. The van der Waals surface area contributed by atoms with Crippen molar-refractivity contribution in [1.82, 2.24) is 10.6 Å². The largest absolute Gasteiger partial charge is 0.356 e. The van der Waals surface area contributed by atoms with Gasteiger partial charge in [0, 0.05) is 29.5 Å². The van der Waals surface area contributed by atoms with Gasteiger partial charge in [-0.3, -0.25) is 10.1 Å². The van der Waals surface area contributed by atoms with Crippen LogP contribution in [0.15, 0.2) is 59.1 Å². The molecule has 24 heavy (non-hydrogen) atoms. The molecule has 5 nitrogen and oxygen atoms in total. The number of amides is 1. The van der Waals surface area contributed by atoms with Gasteiger partial charge in [0.2, 0.25) is 5.91 Å². The first-order valence-electron chi connectivity index (χ1n) is 7.74. The number of halogens is 1. The average Bonchev–Trinajstić information content (AvgIpc) is 2.56. The molecule has 0 unspecified atom stereocenters. The number of nitrogens with one attached hydrogen (secondary N) is 2. The monoisotopic (exact) mass is 392 g/mol. The number of carbonyl (C=O) groups excluding carboxylic acids is 1. The van der Waals surface area contributed by atoms with Gasteiger partial charge in [0.05, 0.1) is 0 Å². The molecule has 0 spiro atoms. The van der Waals surface area contributed by atoms with Gasteiger partial charge in [-0.05, 0) is 24.1 Å². The van der Waals surface area contributed by atoms with E-state index in [1.54, 1.807) is 24.3 Å². The molecule has 0 aromatic heterocycles. The van der Waals surface area contributed by atoms with Crippen molar-refractivity contribution in [1.29, 1.82) is 0 Å². The van der Waals surface area contributed by atoms with E-state index in [0.717, 1.165) is 16.5 Å². The van der Waals surface area contributed by atoms with E-state index in [1.165, 1.54) is 0 Å². The Morgan fingerprint density at radius 2 is 1.67 bits per heavy atom. The van der Waals surface area contributed by atoms with Gasteiger partial charge < -0.3 is 15.5 Å². The Labute approximate surface area is 149 Å². The third kappa shape index (κ3) is 6.05. The highest BCUT2D eigenvalue weighted by atomic mass is 79.9. The minimum Gasteiger partial charge on any atom is -0.356 e. The first-order valence-corrected chi connectivity index (χ1v) is 8.53. The Morgan fingerprint density at radius 1 is 1.00 bits per heavy atom. The zero-order valence-electron chi connectivity index (χ0n) is 13.2. The quantitative estimate of drug-likeness (QED) is 0.517. The molecule has 0 heterocycles. The van der Waals surface area contributed by atoms with Gasteiger partial charge >= 0.3 is 0 Å². The second kappa shape index (κ2) is 8.94. The second-order valence-corrected chi connectivity index (χ2v) is 6.36. The van der Waals surface area contributed by atoms with Crippen LogP contribution in [-0.2, 0) is 17.1 Å². The lowest BCUT2D eigenvalue weighted by molar-refractivity contribution is -0.194. The lowest BCUT2D eigenvalue weighted by Gasteiger charge is -2.23. The molecule has 0 bridgehead atoms. The smallest absolute Gasteiger partial charge is 0.250 e. The molecule has 0 fully saturated rings. The Bertz CT molecular complexity index is 645. The summed E-state index contributed by atoms with van der Waals surface area (Å²) in [5.41, 5.74) is 1.48. The zero-order valence-corrected chi connectivity index (χ0v) is 14.8. The number of carbonyl (C=O) groups is 1. The molecular formula is C18H21BrN2O3. The molecule has 0 saturated carbocycles. The van der Waals surface area contributed by atoms with Crippen molar-refractivity contribution in [3.63, 3.8) is 0 Å². The normalized spacial score (nSPS) is 11.3. The van der Waals surface area contributed by atoms with Crippen molar-refractivity contribution in [3.8, 4) is 0 Å². The number of hydrogen-bond acceptors (Lipinski definition) is 4. The molecule has 2 aromatic carbocycles. The molecule has 128 valence electrons. The molecule has 0 aliphatic carbocycles. The van der Waals surface area contributed by atoms with E-state index < -0.39 is 5.91 Å². The highest BCUT2D eigenvalue weighted by molar-refractivity contribution is 9.10. The highest BCUT2D eigenvalue weighted by Crippen LogP contribution is 2.18. The maximum Gasteiger partial charge on any atom is 0.250 e. The van der Waals surface area contributed by atoms with Crippen LogP contribution in [0.4, 0.5) is 0 Å². The standard InChI is InChI=1S/C18H21BrN2O3/c19-16-8-6-15(7-9-16)18(23,24)21-13-11-17(22)20-12-10-14-4-2-1-3-5-14/h1-9,21,23-24H,10-13H2,(H,20,22). The summed E-state index contributed by atoms with van der Waals surface area (Å²) in [5, 5.41) is 25.4. The topological polar surface area (TPSA) is 81.6 Å². The predicted octanol–water partition coefficient (Wildman–Crippen LogP) is 1.88. The molecule has 0 aliphatic rings. The molecule has 0 radical (unpaired) electrons. The van der Waals surface area contributed by atoms with Crippen molar-refractivity contribution in [2.45, 2.75) is 18.8 Å². The van der Waals surface area contributed by atoms with Gasteiger partial charge in [-0.1, -0.05) is 58.4 Å². The van der Waals surface area contributed by atoms with E-state index in [2.05, 4.69) is 26.6 Å². The van der Waals surface area contributed by atoms with Crippen LogP contribution < -0.4 is 10.6 Å². The van der Waals surface area contributed by atoms with E-state index in [4.69, 9.17) is 0 Å². The van der Waals surface area contributed by atoms with Gasteiger partial charge in [-0.2, -0.15) is 0 Å². The van der Waals surface area contributed by atoms with E-state index >= 15 is 0 Å². The van der Waals surface area contributed by atoms with Crippen LogP contribution in [-0.4, -0.2) is 29.2 Å². The molecule has 2 rings (SSSR count). The van der Waals surface area contributed by atoms with Crippen molar-refractivity contribution in [2.24, 2.45) is 0 Å². The van der Waals surface area contributed by atoms with E-state index in [1.807, 2.05) is 30.3 Å². The minimum absolute atomic E-state index is 0.134. The van der Waals surface area contributed by atoms with Gasteiger partial charge in [0.25, 0.3) is 5.91 Å². The van der Waals surface area contributed by atoms with E-state index in [-0.39, 0.29) is 18.9 Å². The summed E-state index contributed by atoms with van der Waals surface area (Å²) in [4.78, 5) is 11.8. The van der Waals surface area contributed by atoms with Gasteiger partial charge in [-0.25, -0.2) is 0 Å². The van der Waals surface area contributed by atoms with Gasteiger partial charge in [0.1, 0.15) is 0 Å². The van der Waals surface area contributed by atoms with Crippen LogP contribution in [0.1, 0.15) is 17.5 Å². The second-order valence-electron chi connectivity index (χ2n) is 5.44. The molecule has 2 aromatic rings. The zero-order chi connectivity index (χ0) is 17.4. The van der Waals surface area contributed by atoms with Gasteiger partial charge in [-0.15, -0.1) is 0 Å². The van der Waals surface area contributed by atoms with Crippen LogP contribution in [0.3, 0.4) is 0 Å². The van der Waals surface area contributed by atoms with Crippen LogP contribution in [0.25, 0.3) is 0 Å². The van der Waals surface area contributed by atoms with Crippen LogP contribution in [0.5, 0.6) is 0 Å². The van der Waals surface area contributed by atoms with Crippen molar-refractivity contribution in [3.05, 3.63) is 70.2 Å². The molecule has 0 atom stereocenters. The first kappa shape index (κ1) is 18.6. The molecule has 1 amide bonds. The van der Waals surface area contributed by atoms with E-state index in [0.29, 0.717) is 12.1 Å². The van der Waals surface area contributed by atoms with Crippen molar-refractivity contribution >= 4 is 21.8 Å². The number of hydrogen-bond donors (Lipinski definition) is 4. The van der Waals surface area contributed by atoms with Crippen molar-refractivity contribution < 1.29 is 15.0 Å². The third-order valence-corrected chi connectivity index (χ3v) is 4.08. The average molecular weight is 393 g/mol. The third-order valence-electron chi connectivity index (χ3n) is 3.55. The maximum absolute atomic E-state index is 11.8. The van der Waals surface area contributed by atoms with E-state index in [9.17, 15) is 15.0 Å². The summed E-state index contributed by atoms with van der Waals surface area (Å²) in [7, 11) is 0. The Kier molecular flexibility index (Phi) is 6.93. The van der Waals surface area contributed by atoms with Crippen LogP contribution in [0, 0.1) is 0 Å². The highest BCUT2D eigenvalue weighted by Gasteiger charge is 2.24. The van der Waals surface area contributed by atoms with Crippen LogP contribution in [0.2, 0.25) is 0 Å². The Balaban J connectivity index is 1.69. The SMILES string of the molecule is O=C(CCNC(O)(O)c1ccc(Br)cc1)NCCc1ccccc1. The van der Waals surface area contributed by atoms with Crippen LogP contribution >= 0.6 is 15.9 Å².